The first kappa shape index (κ1) is 15.1. The van der Waals surface area contributed by atoms with Crippen molar-refractivity contribution in [2.24, 2.45) is 0 Å². The molecule has 1 aromatic carbocycles. The van der Waals surface area contributed by atoms with E-state index in [9.17, 15) is 4.79 Å². The number of amides is 1. The minimum absolute atomic E-state index is 0.141. The number of carbonyl (C=O) groups is 1. The Morgan fingerprint density at radius 3 is 2.92 bits per heavy atom. The molecule has 1 saturated heterocycles. The third-order valence-corrected chi connectivity index (χ3v) is 4.79. The highest BCUT2D eigenvalue weighted by Gasteiger charge is 2.39. The van der Waals surface area contributed by atoms with Crippen molar-refractivity contribution in [1.29, 1.82) is 0 Å². The van der Waals surface area contributed by atoms with Crippen LogP contribution in [0.1, 0.15) is 41.2 Å². The summed E-state index contributed by atoms with van der Waals surface area (Å²) in [5.74, 6) is 0.833. The standard InChI is InChI=1S/C18H18N4OS/c23-17-12-6-5-7-13(16(12)14-8-2-4-11-22(14)17)20-18(24)21-15-9-1-3-10-19-15/h1,3,5-7,9-10,14H,2,4,8,11H2,(H2,19,20,21,24). The van der Waals surface area contributed by atoms with E-state index >= 15 is 0 Å². The van der Waals surface area contributed by atoms with Crippen molar-refractivity contribution in [3.8, 4) is 0 Å². The summed E-state index contributed by atoms with van der Waals surface area (Å²) >= 11 is 5.40. The number of nitrogens with one attached hydrogen (secondary N) is 2. The van der Waals surface area contributed by atoms with E-state index < -0.39 is 0 Å². The van der Waals surface area contributed by atoms with E-state index in [0.29, 0.717) is 10.9 Å². The summed E-state index contributed by atoms with van der Waals surface area (Å²) in [6, 6.07) is 11.6. The Labute approximate surface area is 146 Å². The molecule has 0 aliphatic carbocycles. The maximum Gasteiger partial charge on any atom is 0.254 e. The molecule has 24 heavy (non-hydrogen) atoms. The molecule has 2 aromatic rings. The minimum atomic E-state index is 0.141. The summed E-state index contributed by atoms with van der Waals surface area (Å²) in [6.45, 7) is 0.842. The third kappa shape index (κ3) is 2.63. The lowest BCUT2D eigenvalue weighted by molar-refractivity contribution is 0.0672. The van der Waals surface area contributed by atoms with Crippen LogP contribution < -0.4 is 10.6 Å². The maximum atomic E-state index is 12.6. The first-order valence-corrected chi connectivity index (χ1v) is 8.58. The van der Waals surface area contributed by atoms with Gasteiger partial charge in [-0.1, -0.05) is 12.1 Å². The van der Waals surface area contributed by atoms with Crippen LogP contribution in [-0.4, -0.2) is 27.4 Å². The van der Waals surface area contributed by atoms with Crippen LogP contribution in [0.2, 0.25) is 0 Å². The molecule has 0 radical (unpaired) electrons. The van der Waals surface area contributed by atoms with Gasteiger partial charge in [0.05, 0.1) is 6.04 Å². The van der Waals surface area contributed by atoms with Crippen molar-refractivity contribution in [3.63, 3.8) is 0 Å². The van der Waals surface area contributed by atoms with Crippen LogP contribution in [0.15, 0.2) is 42.6 Å². The molecule has 1 atom stereocenters. The number of benzene rings is 1. The van der Waals surface area contributed by atoms with Gasteiger partial charge in [0.2, 0.25) is 0 Å². The topological polar surface area (TPSA) is 57.3 Å². The Morgan fingerprint density at radius 1 is 1.17 bits per heavy atom. The number of piperidine rings is 1. The van der Waals surface area contributed by atoms with Gasteiger partial charge in [0.1, 0.15) is 5.82 Å². The van der Waals surface area contributed by atoms with E-state index in [1.54, 1.807) is 6.20 Å². The summed E-state index contributed by atoms with van der Waals surface area (Å²) in [6.07, 6.45) is 4.96. The highest BCUT2D eigenvalue weighted by Crippen LogP contribution is 2.43. The molecule has 0 saturated carbocycles. The average molecular weight is 338 g/mol. The lowest BCUT2D eigenvalue weighted by Gasteiger charge is -2.30. The lowest BCUT2D eigenvalue weighted by Crippen LogP contribution is -2.32. The van der Waals surface area contributed by atoms with Crippen LogP contribution in [0.4, 0.5) is 11.5 Å². The average Bonchev–Trinajstić information content (AvgIpc) is 2.90. The van der Waals surface area contributed by atoms with Crippen molar-refractivity contribution in [2.75, 3.05) is 17.2 Å². The number of aromatic nitrogens is 1. The number of hydrogen-bond acceptors (Lipinski definition) is 3. The SMILES string of the molecule is O=C1c2cccc(NC(=S)Nc3ccccn3)c2C2CCCCN12. The summed E-state index contributed by atoms with van der Waals surface area (Å²) in [4.78, 5) is 18.8. The number of hydrogen-bond donors (Lipinski definition) is 2. The number of thiocarbonyl (C=S) groups is 1. The first-order chi connectivity index (χ1) is 11.7. The van der Waals surface area contributed by atoms with Crippen molar-refractivity contribution in [1.82, 2.24) is 9.88 Å². The highest BCUT2D eigenvalue weighted by molar-refractivity contribution is 7.80. The zero-order chi connectivity index (χ0) is 16.5. The molecular formula is C18H18N4OS. The fraction of sp³-hybridized carbons (Fsp3) is 0.278. The molecule has 6 heteroatoms. The lowest BCUT2D eigenvalue weighted by atomic mass is 9.96. The van der Waals surface area contributed by atoms with Gasteiger partial charge < -0.3 is 15.5 Å². The molecule has 0 spiro atoms. The molecule has 2 N–H and O–H groups in total. The molecule has 122 valence electrons. The normalized spacial score (nSPS) is 18.8. The second-order valence-corrected chi connectivity index (χ2v) is 6.48. The summed E-state index contributed by atoms with van der Waals surface area (Å²) in [5.41, 5.74) is 2.78. The second-order valence-electron chi connectivity index (χ2n) is 6.07. The zero-order valence-corrected chi connectivity index (χ0v) is 14.0. The van der Waals surface area contributed by atoms with Crippen LogP contribution in [0.5, 0.6) is 0 Å². The number of fused-ring (bicyclic) bond motifs is 3. The van der Waals surface area contributed by atoms with Gasteiger partial charge in [0, 0.05) is 29.6 Å². The van der Waals surface area contributed by atoms with Crippen LogP contribution in [0.25, 0.3) is 0 Å². The first-order valence-electron chi connectivity index (χ1n) is 8.17. The van der Waals surface area contributed by atoms with Gasteiger partial charge >= 0.3 is 0 Å². The molecule has 1 fully saturated rings. The fourth-order valence-electron chi connectivity index (χ4n) is 3.56. The van der Waals surface area contributed by atoms with Gasteiger partial charge in [-0.25, -0.2) is 4.98 Å². The van der Waals surface area contributed by atoms with Crippen LogP contribution in [0.3, 0.4) is 0 Å². The molecule has 1 amide bonds. The molecule has 2 aliphatic rings. The Balaban J connectivity index is 1.59. The van der Waals surface area contributed by atoms with E-state index in [0.717, 1.165) is 42.6 Å². The van der Waals surface area contributed by atoms with Crippen molar-refractivity contribution in [2.45, 2.75) is 25.3 Å². The summed E-state index contributed by atoms with van der Waals surface area (Å²) in [5, 5.41) is 6.80. The molecular weight excluding hydrogens is 320 g/mol. The number of pyridine rings is 1. The van der Waals surface area contributed by atoms with Gasteiger partial charge in [-0.3, -0.25) is 4.79 Å². The second kappa shape index (κ2) is 6.20. The fourth-order valence-corrected chi connectivity index (χ4v) is 3.77. The van der Waals surface area contributed by atoms with Crippen LogP contribution in [0, 0.1) is 0 Å². The largest absolute Gasteiger partial charge is 0.332 e. The van der Waals surface area contributed by atoms with Crippen LogP contribution in [-0.2, 0) is 0 Å². The summed E-state index contributed by atoms with van der Waals surface area (Å²) in [7, 11) is 0. The molecule has 0 bridgehead atoms. The molecule has 5 nitrogen and oxygen atoms in total. The Kier molecular flexibility index (Phi) is 3.90. The molecule has 3 heterocycles. The summed E-state index contributed by atoms with van der Waals surface area (Å²) < 4.78 is 0. The van der Waals surface area contributed by atoms with E-state index in [1.165, 1.54) is 0 Å². The maximum absolute atomic E-state index is 12.6. The molecule has 1 unspecified atom stereocenters. The Bertz CT molecular complexity index is 793. The van der Waals surface area contributed by atoms with Gasteiger partial charge in [-0.15, -0.1) is 0 Å². The quantitative estimate of drug-likeness (QED) is 0.820. The van der Waals surface area contributed by atoms with Gasteiger partial charge in [-0.2, -0.15) is 0 Å². The number of nitrogens with zero attached hydrogens (tertiary/aromatic N) is 2. The van der Waals surface area contributed by atoms with Crippen molar-refractivity contribution in [3.05, 3.63) is 53.7 Å². The van der Waals surface area contributed by atoms with Gasteiger partial charge in [0.15, 0.2) is 5.11 Å². The zero-order valence-electron chi connectivity index (χ0n) is 13.2. The predicted octanol–water partition coefficient (Wildman–Crippen LogP) is 3.57. The number of carbonyl (C=O) groups excluding carboxylic acids is 1. The molecule has 4 rings (SSSR count). The highest BCUT2D eigenvalue weighted by atomic mass is 32.1. The smallest absolute Gasteiger partial charge is 0.254 e. The van der Waals surface area contributed by atoms with Crippen LogP contribution >= 0.6 is 12.2 Å². The molecule has 1 aromatic heterocycles. The van der Waals surface area contributed by atoms with E-state index in [2.05, 4.69) is 15.6 Å². The van der Waals surface area contributed by atoms with Gasteiger partial charge in [0.25, 0.3) is 5.91 Å². The monoisotopic (exact) mass is 338 g/mol. The van der Waals surface area contributed by atoms with E-state index in [4.69, 9.17) is 12.2 Å². The third-order valence-electron chi connectivity index (χ3n) is 4.59. The van der Waals surface area contributed by atoms with Crippen molar-refractivity contribution >= 4 is 34.7 Å². The Morgan fingerprint density at radius 2 is 2.08 bits per heavy atom. The van der Waals surface area contributed by atoms with Gasteiger partial charge in [-0.05, 0) is 55.7 Å². The number of anilines is 2. The number of rotatable bonds is 2. The molecule has 2 aliphatic heterocycles. The van der Waals surface area contributed by atoms with Crippen molar-refractivity contribution < 1.29 is 4.79 Å². The minimum Gasteiger partial charge on any atom is -0.332 e. The Hall–Kier alpha value is -2.47. The van der Waals surface area contributed by atoms with E-state index in [-0.39, 0.29) is 11.9 Å². The van der Waals surface area contributed by atoms with E-state index in [1.807, 2.05) is 41.3 Å². The predicted molar refractivity (Wildman–Crippen MR) is 98.2 cm³/mol.